The molecule has 0 amide bonds. The Morgan fingerprint density at radius 2 is 1.68 bits per heavy atom. The van der Waals surface area contributed by atoms with E-state index in [1.54, 1.807) is 7.11 Å². The fourth-order valence-electron chi connectivity index (χ4n) is 2.43. The topological polar surface area (TPSA) is 33.3 Å². The van der Waals surface area contributed by atoms with E-state index in [-0.39, 0.29) is 0 Å². The molecule has 1 aromatic rings. The summed E-state index contributed by atoms with van der Waals surface area (Å²) in [5.41, 5.74) is 3.54. The van der Waals surface area contributed by atoms with Crippen molar-refractivity contribution < 1.29 is 4.74 Å². The van der Waals surface area contributed by atoms with Crippen LogP contribution in [0.3, 0.4) is 0 Å². The first-order valence-electron chi connectivity index (χ1n) is 7.03. The first-order valence-corrected chi connectivity index (χ1v) is 7.03. The first-order chi connectivity index (χ1) is 8.99. The van der Waals surface area contributed by atoms with Crippen molar-refractivity contribution >= 4 is 5.69 Å². The van der Waals surface area contributed by atoms with Gasteiger partial charge in [0.1, 0.15) is 5.75 Å². The molecule has 0 fully saturated rings. The van der Waals surface area contributed by atoms with Crippen LogP contribution < -0.4 is 15.4 Å². The third kappa shape index (κ3) is 4.43. The van der Waals surface area contributed by atoms with Gasteiger partial charge in [-0.1, -0.05) is 13.8 Å². The van der Waals surface area contributed by atoms with Crippen LogP contribution in [-0.2, 0) is 0 Å². The maximum absolute atomic E-state index is 5.40. The lowest BCUT2D eigenvalue weighted by atomic mass is 9.95. The molecule has 0 saturated heterocycles. The molecule has 0 aromatic heterocycles. The Bertz CT molecular complexity index is 379. The average molecular weight is 264 g/mol. The number of nitrogens with one attached hydrogen (secondary N) is 2. The minimum absolute atomic E-state index is 0.632. The van der Waals surface area contributed by atoms with E-state index in [0.29, 0.717) is 11.8 Å². The molecule has 0 aliphatic carbocycles. The quantitative estimate of drug-likeness (QED) is 0.793. The minimum atomic E-state index is 0.632. The largest absolute Gasteiger partial charge is 0.496 e. The summed E-state index contributed by atoms with van der Waals surface area (Å²) in [4.78, 5) is 0. The average Bonchev–Trinajstić information content (AvgIpc) is 2.33. The van der Waals surface area contributed by atoms with Crippen molar-refractivity contribution in [1.29, 1.82) is 0 Å². The van der Waals surface area contributed by atoms with E-state index in [9.17, 15) is 0 Å². The van der Waals surface area contributed by atoms with Crippen molar-refractivity contribution in [1.82, 2.24) is 5.32 Å². The zero-order chi connectivity index (χ0) is 14.4. The second-order valence-electron chi connectivity index (χ2n) is 5.59. The van der Waals surface area contributed by atoms with E-state index in [1.807, 2.05) is 7.05 Å². The number of benzene rings is 1. The van der Waals surface area contributed by atoms with Crippen molar-refractivity contribution in [2.24, 2.45) is 11.8 Å². The predicted octanol–water partition coefficient (Wildman–Crippen LogP) is 3.22. The van der Waals surface area contributed by atoms with Crippen molar-refractivity contribution in [2.45, 2.75) is 27.7 Å². The maximum Gasteiger partial charge on any atom is 0.124 e. The summed E-state index contributed by atoms with van der Waals surface area (Å²) < 4.78 is 5.40. The molecule has 1 unspecified atom stereocenters. The monoisotopic (exact) mass is 264 g/mol. The van der Waals surface area contributed by atoms with E-state index in [0.717, 1.165) is 18.8 Å². The molecule has 1 aromatic carbocycles. The minimum Gasteiger partial charge on any atom is -0.496 e. The molecule has 0 aliphatic heterocycles. The second-order valence-corrected chi connectivity index (χ2v) is 5.59. The fraction of sp³-hybridized carbons (Fsp3) is 0.625. The summed E-state index contributed by atoms with van der Waals surface area (Å²) in [6.45, 7) is 10.7. The van der Waals surface area contributed by atoms with Gasteiger partial charge in [0, 0.05) is 12.2 Å². The summed E-state index contributed by atoms with van der Waals surface area (Å²) in [7, 11) is 3.74. The van der Waals surface area contributed by atoms with Crippen molar-refractivity contribution in [3.05, 3.63) is 23.3 Å². The fourth-order valence-corrected chi connectivity index (χ4v) is 2.43. The van der Waals surface area contributed by atoms with Gasteiger partial charge in [0.2, 0.25) is 0 Å². The second kappa shape index (κ2) is 7.39. The van der Waals surface area contributed by atoms with Crippen LogP contribution in [0.15, 0.2) is 12.1 Å². The van der Waals surface area contributed by atoms with E-state index in [1.165, 1.54) is 16.8 Å². The van der Waals surface area contributed by atoms with E-state index in [2.05, 4.69) is 50.5 Å². The molecule has 0 aliphatic rings. The number of rotatable bonds is 7. The van der Waals surface area contributed by atoms with Gasteiger partial charge >= 0.3 is 0 Å². The number of ether oxygens (including phenoxy) is 1. The molecule has 1 rings (SSSR count). The summed E-state index contributed by atoms with van der Waals surface area (Å²) in [5.74, 6) is 2.29. The van der Waals surface area contributed by atoms with Gasteiger partial charge in [-0.3, -0.25) is 0 Å². The number of hydrogen-bond acceptors (Lipinski definition) is 3. The lowest BCUT2D eigenvalue weighted by Gasteiger charge is -2.22. The zero-order valence-corrected chi connectivity index (χ0v) is 13.1. The van der Waals surface area contributed by atoms with Crippen LogP contribution in [0.4, 0.5) is 5.69 Å². The summed E-state index contributed by atoms with van der Waals surface area (Å²) in [5, 5.41) is 6.81. The number of methoxy groups -OCH3 is 1. The van der Waals surface area contributed by atoms with Gasteiger partial charge < -0.3 is 15.4 Å². The molecule has 2 N–H and O–H groups in total. The molecule has 108 valence electrons. The predicted molar refractivity (Wildman–Crippen MR) is 83.2 cm³/mol. The Morgan fingerprint density at radius 1 is 1.11 bits per heavy atom. The molecule has 1 atom stereocenters. The third-order valence-electron chi connectivity index (χ3n) is 3.64. The summed E-state index contributed by atoms with van der Waals surface area (Å²) in [6, 6.07) is 4.31. The van der Waals surface area contributed by atoms with Crippen LogP contribution >= 0.6 is 0 Å². The molecule has 19 heavy (non-hydrogen) atoms. The van der Waals surface area contributed by atoms with Crippen molar-refractivity contribution in [3.8, 4) is 5.75 Å². The normalized spacial score (nSPS) is 12.6. The lowest BCUT2D eigenvalue weighted by molar-refractivity contribution is 0.390. The third-order valence-corrected chi connectivity index (χ3v) is 3.64. The van der Waals surface area contributed by atoms with Gasteiger partial charge in [0.25, 0.3) is 0 Å². The Labute approximate surface area is 117 Å². The highest BCUT2D eigenvalue weighted by atomic mass is 16.5. The van der Waals surface area contributed by atoms with Crippen LogP contribution in [0, 0.1) is 25.7 Å². The van der Waals surface area contributed by atoms with Gasteiger partial charge in [-0.05, 0) is 62.5 Å². The van der Waals surface area contributed by atoms with Gasteiger partial charge in [0.05, 0.1) is 7.11 Å². The van der Waals surface area contributed by atoms with Crippen molar-refractivity contribution in [2.75, 3.05) is 32.6 Å². The van der Waals surface area contributed by atoms with Crippen LogP contribution in [0.1, 0.15) is 25.0 Å². The Morgan fingerprint density at radius 3 is 2.11 bits per heavy atom. The Hall–Kier alpha value is -1.22. The Balaban J connectivity index is 2.72. The van der Waals surface area contributed by atoms with Gasteiger partial charge in [-0.15, -0.1) is 0 Å². The molecule has 0 bridgehead atoms. The molecule has 0 heterocycles. The van der Waals surface area contributed by atoms with E-state index in [4.69, 9.17) is 4.74 Å². The summed E-state index contributed by atoms with van der Waals surface area (Å²) in [6.07, 6.45) is 0. The van der Waals surface area contributed by atoms with E-state index < -0.39 is 0 Å². The molecule has 0 radical (unpaired) electrons. The van der Waals surface area contributed by atoms with Crippen molar-refractivity contribution in [3.63, 3.8) is 0 Å². The van der Waals surface area contributed by atoms with Crippen LogP contribution in [0.5, 0.6) is 5.75 Å². The number of hydrogen-bond donors (Lipinski definition) is 2. The highest BCUT2D eigenvalue weighted by molar-refractivity contribution is 5.55. The number of aryl methyl sites for hydroxylation is 2. The number of anilines is 1. The van der Waals surface area contributed by atoms with Gasteiger partial charge in [0.15, 0.2) is 0 Å². The molecule has 0 spiro atoms. The molecule has 3 heteroatoms. The SMILES string of the molecule is CNCC(CNc1cc(C)c(OC)c(C)c1)C(C)C. The van der Waals surface area contributed by atoms with Crippen LogP contribution in [-0.4, -0.2) is 27.2 Å². The van der Waals surface area contributed by atoms with E-state index >= 15 is 0 Å². The van der Waals surface area contributed by atoms with Gasteiger partial charge in [-0.2, -0.15) is 0 Å². The standard InChI is InChI=1S/C16H28N2O/c1-11(2)14(9-17-5)10-18-15-7-12(3)16(19-6)13(4)8-15/h7-8,11,14,17-18H,9-10H2,1-6H3. The van der Waals surface area contributed by atoms with Gasteiger partial charge in [-0.25, -0.2) is 0 Å². The summed E-state index contributed by atoms with van der Waals surface area (Å²) >= 11 is 0. The van der Waals surface area contributed by atoms with Crippen LogP contribution in [0.2, 0.25) is 0 Å². The van der Waals surface area contributed by atoms with Crippen LogP contribution in [0.25, 0.3) is 0 Å². The highest BCUT2D eigenvalue weighted by Crippen LogP contribution is 2.27. The Kier molecular flexibility index (Phi) is 6.16. The zero-order valence-electron chi connectivity index (χ0n) is 13.1. The highest BCUT2D eigenvalue weighted by Gasteiger charge is 2.12. The maximum atomic E-state index is 5.40. The molecular formula is C16H28N2O. The smallest absolute Gasteiger partial charge is 0.124 e. The molecule has 3 nitrogen and oxygen atoms in total. The molecular weight excluding hydrogens is 236 g/mol. The first kappa shape index (κ1) is 15.8. The molecule has 0 saturated carbocycles. The lowest BCUT2D eigenvalue weighted by Crippen LogP contribution is -2.29.